The van der Waals surface area contributed by atoms with E-state index in [2.05, 4.69) is 10.1 Å². The maximum absolute atomic E-state index is 13.1. The van der Waals surface area contributed by atoms with E-state index in [0.29, 0.717) is 23.6 Å². The van der Waals surface area contributed by atoms with E-state index in [1.807, 2.05) is 20.8 Å². The summed E-state index contributed by atoms with van der Waals surface area (Å²) in [5.41, 5.74) is 1.11. The Bertz CT molecular complexity index is 1010. The lowest BCUT2D eigenvalue weighted by Crippen LogP contribution is -2.35. The zero-order chi connectivity index (χ0) is 23.5. The zero-order valence-electron chi connectivity index (χ0n) is 17.8. The molecular formula is C23H23F3N2O4. The molecule has 2 amide bonds. The lowest BCUT2D eigenvalue weighted by Gasteiger charge is -2.17. The monoisotopic (exact) mass is 448 g/mol. The van der Waals surface area contributed by atoms with Crippen molar-refractivity contribution in [2.45, 2.75) is 27.1 Å². The van der Waals surface area contributed by atoms with Crippen LogP contribution in [-0.2, 0) is 9.59 Å². The van der Waals surface area contributed by atoms with Gasteiger partial charge in [0.1, 0.15) is 17.2 Å². The molecule has 32 heavy (non-hydrogen) atoms. The highest BCUT2D eigenvalue weighted by Crippen LogP contribution is 2.32. The number of ether oxygens (including phenoxy) is 2. The molecule has 1 aliphatic rings. The normalized spacial score (nSPS) is 14.4. The van der Waals surface area contributed by atoms with Crippen LogP contribution in [0.25, 0.3) is 5.57 Å². The van der Waals surface area contributed by atoms with Gasteiger partial charge in [-0.3, -0.25) is 14.5 Å². The third-order valence-electron chi connectivity index (χ3n) is 4.53. The second-order valence-electron chi connectivity index (χ2n) is 7.52. The van der Waals surface area contributed by atoms with Crippen LogP contribution >= 0.6 is 0 Å². The fraction of sp³-hybridized carbons (Fsp3) is 0.304. The highest BCUT2D eigenvalue weighted by molar-refractivity contribution is 6.36. The summed E-state index contributed by atoms with van der Waals surface area (Å²) in [4.78, 5) is 27.3. The molecule has 0 bridgehead atoms. The number of anilines is 1. The highest BCUT2D eigenvalue weighted by atomic mass is 19.4. The molecule has 0 radical (unpaired) electrons. The predicted molar refractivity (Wildman–Crippen MR) is 113 cm³/mol. The Hall–Kier alpha value is -3.49. The summed E-state index contributed by atoms with van der Waals surface area (Å²) < 4.78 is 46.4. The van der Waals surface area contributed by atoms with Gasteiger partial charge in [-0.25, -0.2) is 0 Å². The van der Waals surface area contributed by atoms with Gasteiger partial charge in [-0.2, -0.15) is 0 Å². The molecule has 1 aliphatic heterocycles. The molecule has 0 atom stereocenters. The van der Waals surface area contributed by atoms with Crippen LogP contribution in [0.5, 0.6) is 11.5 Å². The molecule has 0 saturated heterocycles. The minimum atomic E-state index is -4.80. The molecule has 0 unspecified atom stereocenters. The van der Waals surface area contributed by atoms with Crippen molar-refractivity contribution in [3.63, 3.8) is 0 Å². The molecule has 3 rings (SSSR count). The van der Waals surface area contributed by atoms with Gasteiger partial charge >= 0.3 is 6.36 Å². The van der Waals surface area contributed by atoms with Gasteiger partial charge in [-0.1, -0.05) is 26.0 Å². The summed E-state index contributed by atoms with van der Waals surface area (Å²) in [6.45, 7) is 6.36. The first-order valence-corrected chi connectivity index (χ1v) is 10.1. The van der Waals surface area contributed by atoms with Crippen LogP contribution in [0.1, 0.15) is 26.3 Å². The van der Waals surface area contributed by atoms with Gasteiger partial charge in [0, 0.05) is 12.2 Å². The van der Waals surface area contributed by atoms with Gasteiger partial charge in [0.25, 0.3) is 11.8 Å². The van der Waals surface area contributed by atoms with E-state index in [1.165, 1.54) is 17.0 Å². The van der Waals surface area contributed by atoms with E-state index in [9.17, 15) is 22.8 Å². The van der Waals surface area contributed by atoms with E-state index < -0.39 is 18.2 Å². The minimum Gasteiger partial charge on any atom is -0.494 e. The molecule has 0 aliphatic carbocycles. The van der Waals surface area contributed by atoms with Crippen LogP contribution in [0.15, 0.2) is 54.2 Å². The van der Waals surface area contributed by atoms with Gasteiger partial charge in [-0.05, 0) is 54.8 Å². The van der Waals surface area contributed by atoms with Crippen LogP contribution in [0.2, 0.25) is 0 Å². The fourth-order valence-electron chi connectivity index (χ4n) is 3.26. The van der Waals surface area contributed by atoms with Crippen LogP contribution < -0.4 is 14.8 Å². The number of hydrogen-bond donors (Lipinski definition) is 1. The lowest BCUT2D eigenvalue weighted by atomic mass is 10.0. The lowest BCUT2D eigenvalue weighted by molar-refractivity contribution is -0.274. The predicted octanol–water partition coefficient (Wildman–Crippen LogP) is 4.83. The van der Waals surface area contributed by atoms with Gasteiger partial charge in [0.05, 0.1) is 12.2 Å². The number of benzene rings is 2. The molecule has 170 valence electrons. The van der Waals surface area contributed by atoms with Gasteiger partial charge in [-0.15, -0.1) is 13.2 Å². The molecule has 1 heterocycles. The Morgan fingerprint density at radius 3 is 2.06 bits per heavy atom. The van der Waals surface area contributed by atoms with Gasteiger partial charge in [0.15, 0.2) is 0 Å². The van der Waals surface area contributed by atoms with Crippen molar-refractivity contribution < 1.29 is 32.2 Å². The van der Waals surface area contributed by atoms with E-state index in [1.54, 1.807) is 24.3 Å². The second-order valence-corrected chi connectivity index (χ2v) is 7.52. The largest absolute Gasteiger partial charge is 0.573 e. The smallest absolute Gasteiger partial charge is 0.494 e. The third kappa shape index (κ3) is 5.40. The minimum absolute atomic E-state index is 0.0580. The Kier molecular flexibility index (Phi) is 6.76. The summed E-state index contributed by atoms with van der Waals surface area (Å²) in [6, 6.07) is 11.7. The van der Waals surface area contributed by atoms with E-state index in [4.69, 9.17) is 4.74 Å². The fourth-order valence-corrected chi connectivity index (χ4v) is 3.26. The number of halogens is 3. The van der Waals surface area contributed by atoms with Crippen LogP contribution in [0.3, 0.4) is 0 Å². The van der Waals surface area contributed by atoms with Crippen LogP contribution in [0, 0.1) is 5.92 Å². The first-order valence-electron chi connectivity index (χ1n) is 10.1. The van der Waals surface area contributed by atoms with Crippen molar-refractivity contribution in [3.8, 4) is 11.5 Å². The summed E-state index contributed by atoms with van der Waals surface area (Å²) >= 11 is 0. The number of amides is 2. The molecule has 0 aromatic heterocycles. The average molecular weight is 448 g/mol. The zero-order valence-corrected chi connectivity index (χ0v) is 17.8. The Morgan fingerprint density at radius 2 is 1.53 bits per heavy atom. The van der Waals surface area contributed by atoms with Crippen molar-refractivity contribution in [2.24, 2.45) is 5.92 Å². The number of carbonyl (C=O) groups is 2. The standard InChI is InChI=1S/C23H23F3N2O4/c1-4-31-17-9-5-15(6-10-17)19-20(22(30)28(21(19)29)13-14(2)3)27-16-7-11-18(12-8-16)32-23(24,25)26/h5-12,14,27H,4,13H2,1-3H3. The van der Waals surface area contributed by atoms with Crippen molar-refractivity contribution in [1.29, 1.82) is 0 Å². The molecule has 2 aromatic carbocycles. The van der Waals surface area contributed by atoms with Crippen LogP contribution in [0.4, 0.5) is 18.9 Å². The Balaban J connectivity index is 1.95. The first kappa shape index (κ1) is 23.2. The van der Waals surface area contributed by atoms with Crippen molar-refractivity contribution in [2.75, 3.05) is 18.5 Å². The maximum Gasteiger partial charge on any atom is 0.573 e. The van der Waals surface area contributed by atoms with Crippen molar-refractivity contribution in [3.05, 3.63) is 59.8 Å². The molecule has 6 nitrogen and oxygen atoms in total. The number of imide groups is 1. The second kappa shape index (κ2) is 9.33. The summed E-state index contributed by atoms with van der Waals surface area (Å²) in [7, 11) is 0. The summed E-state index contributed by atoms with van der Waals surface area (Å²) in [5.74, 6) is -0.639. The van der Waals surface area contributed by atoms with Crippen molar-refractivity contribution in [1.82, 2.24) is 4.90 Å². The Morgan fingerprint density at radius 1 is 0.938 bits per heavy atom. The van der Waals surface area contributed by atoms with Gasteiger partial charge < -0.3 is 14.8 Å². The quantitative estimate of drug-likeness (QED) is 0.586. The van der Waals surface area contributed by atoms with E-state index in [0.717, 1.165) is 12.1 Å². The van der Waals surface area contributed by atoms with Gasteiger partial charge in [0.2, 0.25) is 0 Å². The number of nitrogens with zero attached hydrogens (tertiary/aromatic N) is 1. The molecule has 0 spiro atoms. The maximum atomic E-state index is 13.1. The highest BCUT2D eigenvalue weighted by Gasteiger charge is 2.39. The molecule has 0 saturated carbocycles. The molecule has 1 N–H and O–H groups in total. The van der Waals surface area contributed by atoms with Crippen molar-refractivity contribution >= 4 is 23.1 Å². The first-order chi connectivity index (χ1) is 15.1. The third-order valence-corrected chi connectivity index (χ3v) is 4.53. The SMILES string of the molecule is CCOc1ccc(C2=C(Nc3ccc(OC(F)(F)F)cc3)C(=O)N(CC(C)C)C2=O)cc1. The van der Waals surface area contributed by atoms with Crippen LogP contribution in [-0.4, -0.2) is 36.2 Å². The molecule has 2 aromatic rings. The molecular weight excluding hydrogens is 425 g/mol. The average Bonchev–Trinajstić information content (AvgIpc) is 2.93. The molecule has 0 fully saturated rings. The number of hydrogen-bond acceptors (Lipinski definition) is 5. The number of carbonyl (C=O) groups excluding carboxylic acids is 2. The Labute approximate surface area is 183 Å². The van der Waals surface area contributed by atoms with E-state index in [-0.39, 0.29) is 29.5 Å². The summed E-state index contributed by atoms with van der Waals surface area (Å²) in [6.07, 6.45) is -4.80. The topological polar surface area (TPSA) is 67.9 Å². The number of alkyl halides is 3. The van der Waals surface area contributed by atoms with E-state index >= 15 is 0 Å². The number of rotatable bonds is 8. The molecule has 9 heteroatoms. The summed E-state index contributed by atoms with van der Waals surface area (Å²) in [5, 5.41) is 2.90. The number of nitrogens with one attached hydrogen (secondary N) is 1.